The molecule has 1 aromatic heterocycles. The van der Waals surface area contributed by atoms with Crippen molar-refractivity contribution >= 4 is 11.7 Å². The van der Waals surface area contributed by atoms with Crippen LogP contribution in [0.2, 0.25) is 0 Å². The number of anilines is 1. The fraction of sp³-hybridized carbons (Fsp3) is 0.250. The van der Waals surface area contributed by atoms with Crippen LogP contribution in [0.1, 0.15) is 16.7 Å². The van der Waals surface area contributed by atoms with Crippen molar-refractivity contribution in [1.29, 1.82) is 5.41 Å². The minimum Gasteiger partial charge on any atom is -0.491 e. The van der Waals surface area contributed by atoms with Gasteiger partial charge in [0.05, 0.1) is 12.1 Å². The number of fused-ring (bicyclic) bond motifs is 1. The lowest BCUT2D eigenvalue weighted by atomic mass is 10.1. The number of hydrogen-bond acceptors (Lipinski definition) is 4. The number of para-hydroxylation sites is 1. The van der Waals surface area contributed by atoms with Gasteiger partial charge in [-0.1, -0.05) is 18.2 Å². The van der Waals surface area contributed by atoms with E-state index in [1.165, 1.54) is 0 Å². The highest BCUT2D eigenvalue weighted by Crippen LogP contribution is 2.27. The molecule has 108 valence electrons. The summed E-state index contributed by atoms with van der Waals surface area (Å²) in [7, 11) is 0. The summed E-state index contributed by atoms with van der Waals surface area (Å²) in [5.41, 5.74) is 8.53. The molecule has 0 unspecified atom stereocenters. The number of amidine groups is 1. The number of rotatable bonds is 2. The maximum absolute atomic E-state index is 7.82. The summed E-state index contributed by atoms with van der Waals surface area (Å²) in [6.45, 7) is 3.95. The molecule has 0 fully saturated rings. The largest absolute Gasteiger partial charge is 0.491 e. The molecule has 1 aromatic carbocycles. The molecule has 1 aliphatic rings. The van der Waals surface area contributed by atoms with E-state index in [4.69, 9.17) is 15.9 Å². The Kier molecular flexibility index (Phi) is 3.48. The number of pyridine rings is 1. The second kappa shape index (κ2) is 5.44. The second-order valence-electron chi connectivity index (χ2n) is 5.12. The van der Waals surface area contributed by atoms with Crippen LogP contribution < -0.4 is 15.4 Å². The Labute approximate surface area is 123 Å². The van der Waals surface area contributed by atoms with Crippen LogP contribution in [0.4, 0.5) is 5.82 Å². The van der Waals surface area contributed by atoms with Gasteiger partial charge in [0.25, 0.3) is 0 Å². The minimum absolute atomic E-state index is 0.0500. The highest BCUT2D eigenvalue weighted by Gasteiger charge is 2.20. The van der Waals surface area contributed by atoms with Crippen LogP contribution in [0.3, 0.4) is 0 Å². The molecule has 0 aliphatic carbocycles. The number of nitrogen functional groups attached to an aromatic ring is 1. The summed E-state index contributed by atoms with van der Waals surface area (Å²) in [6, 6.07) is 9.88. The van der Waals surface area contributed by atoms with Crippen molar-refractivity contribution in [3.63, 3.8) is 0 Å². The smallest absolute Gasteiger partial charge is 0.140 e. The van der Waals surface area contributed by atoms with Gasteiger partial charge >= 0.3 is 0 Å². The molecule has 2 heterocycles. The van der Waals surface area contributed by atoms with Gasteiger partial charge in [0.1, 0.15) is 24.0 Å². The first-order chi connectivity index (χ1) is 10.2. The molecular formula is C16H18N4O. The summed E-state index contributed by atoms with van der Waals surface area (Å²) < 4.78 is 5.78. The van der Waals surface area contributed by atoms with Crippen LogP contribution in [-0.4, -0.2) is 24.0 Å². The fourth-order valence-corrected chi connectivity index (χ4v) is 2.62. The standard InChI is InChI=1S/C16H18N4O/c1-11-6-7-19-16(14(11)15(17)18)20-8-9-21-13-5-3-2-4-12(13)10-20/h2-7H,8-10H2,1H3,(H3,17,18). The first kappa shape index (κ1) is 13.4. The molecule has 2 aromatic rings. The van der Waals surface area contributed by atoms with Gasteiger partial charge in [-0.05, 0) is 24.6 Å². The predicted molar refractivity (Wildman–Crippen MR) is 83.0 cm³/mol. The van der Waals surface area contributed by atoms with Crippen LogP contribution in [-0.2, 0) is 6.54 Å². The molecule has 1 aliphatic heterocycles. The number of ether oxygens (including phenoxy) is 1. The Morgan fingerprint density at radius 2 is 2.14 bits per heavy atom. The van der Waals surface area contributed by atoms with E-state index < -0.39 is 0 Å². The Hall–Kier alpha value is -2.56. The number of nitrogens with one attached hydrogen (secondary N) is 1. The van der Waals surface area contributed by atoms with Gasteiger partial charge in [0.15, 0.2) is 0 Å². The zero-order chi connectivity index (χ0) is 14.8. The lowest BCUT2D eigenvalue weighted by molar-refractivity contribution is 0.331. The van der Waals surface area contributed by atoms with Gasteiger partial charge in [-0.2, -0.15) is 0 Å². The van der Waals surface area contributed by atoms with Crippen molar-refractivity contribution in [2.75, 3.05) is 18.1 Å². The zero-order valence-electron chi connectivity index (χ0n) is 12.0. The second-order valence-corrected chi connectivity index (χ2v) is 5.12. The number of hydrogen-bond donors (Lipinski definition) is 2. The molecule has 21 heavy (non-hydrogen) atoms. The third-order valence-corrected chi connectivity index (χ3v) is 3.66. The van der Waals surface area contributed by atoms with Gasteiger partial charge in [-0.15, -0.1) is 0 Å². The molecule has 0 spiro atoms. The van der Waals surface area contributed by atoms with E-state index in [0.717, 1.165) is 22.7 Å². The monoisotopic (exact) mass is 282 g/mol. The van der Waals surface area contributed by atoms with Crippen molar-refractivity contribution in [1.82, 2.24) is 4.98 Å². The fourth-order valence-electron chi connectivity index (χ4n) is 2.62. The van der Waals surface area contributed by atoms with E-state index in [1.54, 1.807) is 6.20 Å². The molecule has 3 rings (SSSR count). The van der Waals surface area contributed by atoms with Crippen molar-refractivity contribution in [3.05, 3.63) is 53.2 Å². The Balaban J connectivity index is 2.02. The molecule has 0 saturated heterocycles. The van der Waals surface area contributed by atoms with Crippen LogP contribution in [0.5, 0.6) is 5.75 Å². The highest BCUT2D eigenvalue weighted by atomic mass is 16.5. The van der Waals surface area contributed by atoms with Crippen molar-refractivity contribution < 1.29 is 4.74 Å². The SMILES string of the molecule is Cc1ccnc(N2CCOc3ccccc3C2)c1C(=N)N. The molecule has 0 saturated carbocycles. The predicted octanol–water partition coefficient (Wildman–Crippen LogP) is 2.07. The number of benzene rings is 1. The van der Waals surface area contributed by atoms with Crippen molar-refractivity contribution in [2.45, 2.75) is 13.5 Å². The van der Waals surface area contributed by atoms with Crippen molar-refractivity contribution in [3.8, 4) is 5.75 Å². The van der Waals surface area contributed by atoms with Crippen LogP contribution in [0, 0.1) is 12.3 Å². The summed E-state index contributed by atoms with van der Waals surface area (Å²) >= 11 is 0. The van der Waals surface area contributed by atoms with Crippen LogP contribution >= 0.6 is 0 Å². The molecule has 5 heteroatoms. The summed E-state index contributed by atoms with van der Waals surface area (Å²) in [5, 5.41) is 7.82. The third kappa shape index (κ3) is 2.54. The van der Waals surface area contributed by atoms with Crippen LogP contribution in [0.15, 0.2) is 36.5 Å². The Morgan fingerprint density at radius 3 is 2.95 bits per heavy atom. The quantitative estimate of drug-likeness (QED) is 0.653. The van der Waals surface area contributed by atoms with Gasteiger partial charge in [-0.3, -0.25) is 5.41 Å². The molecular weight excluding hydrogens is 264 g/mol. The third-order valence-electron chi connectivity index (χ3n) is 3.66. The highest BCUT2D eigenvalue weighted by molar-refractivity contribution is 6.01. The average Bonchev–Trinajstić information content (AvgIpc) is 2.68. The number of aryl methyl sites for hydroxylation is 1. The van der Waals surface area contributed by atoms with E-state index in [1.807, 2.05) is 31.2 Å². The summed E-state index contributed by atoms with van der Waals surface area (Å²) in [6.07, 6.45) is 1.76. The van der Waals surface area contributed by atoms with Gasteiger partial charge < -0.3 is 15.4 Å². The minimum atomic E-state index is 0.0500. The van der Waals surface area contributed by atoms with Crippen LogP contribution in [0.25, 0.3) is 0 Å². The number of nitrogens with zero attached hydrogens (tertiary/aromatic N) is 2. The maximum atomic E-state index is 7.82. The molecule has 0 bridgehead atoms. The van der Waals surface area contributed by atoms with E-state index >= 15 is 0 Å². The molecule has 0 radical (unpaired) electrons. The van der Waals surface area contributed by atoms with E-state index in [-0.39, 0.29) is 5.84 Å². The maximum Gasteiger partial charge on any atom is 0.140 e. The lowest BCUT2D eigenvalue weighted by Crippen LogP contribution is -2.29. The lowest BCUT2D eigenvalue weighted by Gasteiger charge is -2.24. The average molecular weight is 282 g/mol. The topological polar surface area (TPSA) is 75.2 Å². The van der Waals surface area contributed by atoms with E-state index in [9.17, 15) is 0 Å². The first-order valence-corrected chi connectivity index (χ1v) is 6.92. The molecule has 0 amide bonds. The number of aromatic nitrogens is 1. The Bertz CT molecular complexity index is 684. The van der Waals surface area contributed by atoms with Gasteiger partial charge in [-0.25, -0.2) is 4.98 Å². The Morgan fingerprint density at radius 1 is 1.33 bits per heavy atom. The molecule has 5 nitrogen and oxygen atoms in total. The van der Waals surface area contributed by atoms with Gasteiger partial charge in [0, 0.05) is 18.3 Å². The molecule has 0 atom stereocenters. The molecule has 3 N–H and O–H groups in total. The zero-order valence-corrected chi connectivity index (χ0v) is 12.0. The first-order valence-electron chi connectivity index (χ1n) is 6.92. The summed E-state index contributed by atoms with van der Waals surface area (Å²) in [5.74, 6) is 1.72. The van der Waals surface area contributed by atoms with Gasteiger partial charge in [0.2, 0.25) is 0 Å². The van der Waals surface area contributed by atoms with E-state index in [0.29, 0.717) is 25.3 Å². The van der Waals surface area contributed by atoms with E-state index in [2.05, 4.69) is 16.0 Å². The normalized spacial score (nSPS) is 14.0. The summed E-state index contributed by atoms with van der Waals surface area (Å²) in [4.78, 5) is 6.57. The number of nitrogens with two attached hydrogens (primary N) is 1. The van der Waals surface area contributed by atoms with Crippen molar-refractivity contribution in [2.24, 2.45) is 5.73 Å².